The highest BCUT2D eigenvalue weighted by molar-refractivity contribution is 7.17. The molecule has 0 aliphatic heterocycles. The van der Waals surface area contributed by atoms with Crippen LogP contribution in [0.1, 0.15) is 27.2 Å². The Morgan fingerprint density at radius 3 is 2.62 bits per heavy atom. The van der Waals surface area contributed by atoms with Crippen molar-refractivity contribution in [1.82, 2.24) is 10.3 Å². The maximum Gasteiger partial charge on any atom is 0.319 e. The molecular weight excluding hydrogens is 391 g/mol. The zero-order chi connectivity index (χ0) is 20.6. The predicted octanol–water partition coefficient (Wildman–Crippen LogP) is 4.45. The number of amides is 2. The van der Waals surface area contributed by atoms with Gasteiger partial charge in [0.15, 0.2) is 5.13 Å². The number of ketones is 1. The van der Waals surface area contributed by atoms with E-state index in [4.69, 9.17) is 0 Å². The molecule has 0 aliphatic carbocycles. The third-order valence-corrected chi connectivity index (χ3v) is 5.11. The Labute approximate surface area is 172 Å². The molecule has 29 heavy (non-hydrogen) atoms. The van der Waals surface area contributed by atoms with Gasteiger partial charge in [-0.05, 0) is 31.0 Å². The van der Waals surface area contributed by atoms with Crippen LogP contribution in [0.3, 0.4) is 0 Å². The molecule has 0 fully saturated rings. The van der Waals surface area contributed by atoms with Crippen LogP contribution in [-0.4, -0.2) is 29.9 Å². The van der Waals surface area contributed by atoms with Crippen LogP contribution in [-0.2, 0) is 0 Å². The van der Waals surface area contributed by atoms with Crippen LogP contribution in [0, 0.1) is 12.7 Å². The van der Waals surface area contributed by atoms with E-state index < -0.39 is 11.8 Å². The number of carbonyl (C=O) groups excluding carboxylic acids is 2. The quantitative estimate of drug-likeness (QED) is 0.377. The lowest BCUT2D eigenvalue weighted by molar-refractivity contribution is 0.104. The molecule has 0 atom stereocenters. The summed E-state index contributed by atoms with van der Waals surface area (Å²) in [5.74, 6) is -0.524. The molecule has 2 amide bonds. The van der Waals surface area contributed by atoms with Gasteiger partial charge in [-0.2, -0.15) is 0 Å². The Bertz CT molecular complexity index is 1010. The smallest absolute Gasteiger partial charge is 0.319 e. The van der Waals surface area contributed by atoms with Crippen LogP contribution in [0.25, 0.3) is 0 Å². The number of aromatic nitrogens is 1. The highest BCUT2D eigenvalue weighted by atomic mass is 32.1. The Balaban J connectivity index is 1.40. The molecule has 3 N–H and O–H groups in total. The Morgan fingerprint density at radius 1 is 1.07 bits per heavy atom. The number of anilines is 2. The molecule has 0 spiro atoms. The maximum atomic E-state index is 13.5. The molecule has 2 aromatic carbocycles. The Hall–Kier alpha value is -3.26. The number of benzene rings is 2. The molecule has 0 radical (unpaired) electrons. The Morgan fingerprint density at radius 2 is 1.83 bits per heavy atom. The van der Waals surface area contributed by atoms with E-state index in [9.17, 15) is 14.0 Å². The van der Waals surface area contributed by atoms with Gasteiger partial charge in [0.25, 0.3) is 0 Å². The van der Waals surface area contributed by atoms with E-state index >= 15 is 0 Å². The minimum Gasteiger partial charge on any atom is -0.361 e. The zero-order valence-corrected chi connectivity index (χ0v) is 16.7. The Kier molecular flexibility index (Phi) is 6.91. The van der Waals surface area contributed by atoms with Crippen molar-refractivity contribution in [1.29, 1.82) is 0 Å². The van der Waals surface area contributed by atoms with Crippen LogP contribution >= 0.6 is 11.3 Å². The van der Waals surface area contributed by atoms with Crippen molar-refractivity contribution >= 4 is 34.0 Å². The molecule has 1 aromatic heterocycles. The number of aryl methyl sites for hydroxylation is 1. The van der Waals surface area contributed by atoms with Gasteiger partial charge in [-0.15, -0.1) is 0 Å². The van der Waals surface area contributed by atoms with E-state index in [1.54, 1.807) is 18.3 Å². The van der Waals surface area contributed by atoms with Gasteiger partial charge in [0.1, 0.15) is 5.82 Å². The second-order valence-corrected chi connectivity index (χ2v) is 7.35. The minimum absolute atomic E-state index is 0.0415. The van der Waals surface area contributed by atoms with Gasteiger partial charge in [0.05, 0.1) is 16.8 Å². The van der Waals surface area contributed by atoms with Gasteiger partial charge in [0, 0.05) is 18.7 Å². The van der Waals surface area contributed by atoms with E-state index in [0.717, 1.165) is 5.56 Å². The first-order chi connectivity index (χ1) is 14.0. The molecule has 3 aromatic rings. The van der Waals surface area contributed by atoms with Crippen molar-refractivity contribution in [3.05, 3.63) is 76.5 Å². The number of carbonyl (C=O) groups is 2. The molecule has 6 nitrogen and oxygen atoms in total. The number of para-hydroxylation sites is 1. The second kappa shape index (κ2) is 9.79. The SMILES string of the molecule is Cc1ccccc1C(=O)c1cnc(NCCCNC(=O)Nc2ccccc2F)s1. The number of urea groups is 1. The largest absolute Gasteiger partial charge is 0.361 e. The van der Waals surface area contributed by atoms with Gasteiger partial charge >= 0.3 is 6.03 Å². The lowest BCUT2D eigenvalue weighted by atomic mass is 10.0. The average molecular weight is 412 g/mol. The second-order valence-electron chi connectivity index (χ2n) is 6.31. The summed E-state index contributed by atoms with van der Waals surface area (Å²) >= 11 is 1.30. The van der Waals surface area contributed by atoms with E-state index in [0.29, 0.717) is 35.1 Å². The topological polar surface area (TPSA) is 83.1 Å². The fourth-order valence-electron chi connectivity index (χ4n) is 2.64. The van der Waals surface area contributed by atoms with Crippen molar-refractivity contribution in [2.24, 2.45) is 0 Å². The van der Waals surface area contributed by atoms with Crippen molar-refractivity contribution in [3.8, 4) is 0 Å². The van der Waals surface area contributed by atoms with E-state index in [2.05, 4.69) is 20.9 Å². The van der Waals surface area contributed by atoms with Gasteiger partial charge in [-0.1, -0.05) is 47.7 Å². The lowest BCUT2D eigenvalue weighted by Gasteiger charge is -2.08. The molecule has 0 saturated heterocycles. The number of halogens is 1. The van der Waals surface area contributed by atoms with E-state index in [-0.39, 0.29) is 11.5 Å². The van der Waals surface area contributed by atoms with Crippen molar-refractivity contribution in [2.45, 2.75) is 13.3 Å². The molecule has 0 aliphatic rings. The fourth-order valence-corrected chi connectivity index (χ4v) is 3.43. The molecular formula is C21H21FN4O2S. The van der Waals surface area contributed by atoms with Crippen LogP contribution in [0.2, 0.25) is 0 Å². The summed E-state index contributed by atoms with van der Waals surface area (Å²) in [4.78, 5) is 29.2. The van der Waals surface area contributed by atoms with Crippen LogP contribution in [0.5, 0.6) is 0 Å². The zero-order valence-electron chi connectivity index (χ0n) is 15.9. The fraction of sp³-hybridized carbons (Fsp3) is 0.190. The first-order valence-corrected chi connectivity index (χ1v) is 9.95. The molecule has 0 unspecified atom stereocenters. The highest BCUT2D eigenvalue weighted by Crippen LogP contribution is 2.22. The van der Waals surface area contributed by atoms with Gasteiger partial charge < -0.3 is 16.0 Å². The maximum absolute atomic E-state index is 13.5. The third-order valence-electron chi connectivity index (χ3n) is 4.16. The summed E-state index contributed by atoms with van der Waals surface area (Å²) in [6.45, 7) is 2.89. The molecule has 150 valence electrons. The number of nitrogens with one attached hydrogen (secondary N) is 3. The van der Waals surface area contributed by atoms with Crippen LogP contribution < -0.4 is 16.0 Å². The average Bonchev–Trinajstić information content (AvgIpc) is 3.18. The summed E-state index contributed by atoms with van der Waals surface area (Å²) in [7, 11) is 0. The number of hydrogen-bond donors (Lipinski definition) is 3. The van der Waals surface area contributed by atoms with Crippen molar-refractivity contribution in [2.75, 3.05) is 23.7 Å². The standard InChI is InChI=1S/C21H21FN4O2S/c1-14-7-2-3-8-15(14)19(27)18-13-25-21(29-18)24-12-6-11-23-20(28)26-17-10-5-4-9-16(17)22/h2-5,7-10,13H,6,11-12H2,1H3,(H,24,25)(H2,23,26,28). The summed E-state index contributed by atoms with van der Waals surface area (Å²) in [5, 5.41) is 8.92. The first-order valence-electron chi connectivity index (χ1n) is 9.14. The minimum atomic E-state index is -0.482. The summed E-state index contributed by atoms with van der Waals surface area (Å²) in [6, 6.07) is 13.0. The van der Waals surface area contributed by atoms with E-state index in [1.807, 2.05) is 31.2 Å². The normalized spacial score (nSPS) is 10.4. The molecule has 3 rings (SSSR count). The van der Waals surface area contributed by atoms with Gasteiger partial charge in [-0.3, -0.25) is 4.79 Å². The molecule has 0 bridgehead atoms. The van der Waals surface area contributed by atoms with Crippen LogP contribution in [0.15, 0.2) is 54.7 Å². The summed E-state index contributed by atoms with van der Waals surface area (Å²) < 4.78 is 13.5. The van der Waals surface area contributed by atoms with Crippen molar-refractivity contribution < 1.29 is 14.0 Å². The van der Waals surface area contributed by atoms with Crippen molar-refractivity contribution in [3.63, 3.8) is 0 Å². The third kappa shape index (κ3) is 5.61. The monoisotopic (exact) mass is 412 g/mol. The number of nitrogens with zero attached hydrogens (tertiary/aromatic N) is 1. The molecule has 1 heterocycles. The van der Waals surface area contributed by atoms with Gasteiger partial charge in [0.2, 0.25) is 5.78 Å². The number of hydrogen-bond acceptors (Lipinski definition) is 5. The summed E-state index contributed by atoms with van der Waals surface area (Å²) in [6.07, 6.45) is 2.22. The lowest BCUT2D eigenvalue weighted by Crippen LogP contribution is -2.30. The van der Waals surface area contributed by atoms with Gasteiger partial charge in [-0.25, -0.2) is 14.2 Å². The van der Waals surface area contributed by atoms with Crippen LogP contribution in [0.4, 0.5) is 20.0 Å². The highest BCUT2D eigenvalue weighted by Gasteiger charge is 2.14. The number of rotatable bonds is 8. The number of thiazole rings is 1. The first kappa shape index (κ1) is 20.5. The molecule has 0 saturated carbocycles. The predicted molar refractivity (Wildman–Crippen MR) is 113 cm³/mol. The molecule has 8 heteroatoms. The van der Waals surface area contributed by atoms with E-state index in [1.165, 1.54) is 23.5 Å². The summed E-state index contributed by atoms with van der Waals surface area (Å²) in [5.41, 5.74) is 1.74.